The summed E-state index contributed by atoms with van der Waals surface area (Å²) in [5.74, 6) is 0.0715. The third kappa shape index (κ3) is 4.26. The maximum Gasteiger partial charge on any atom is 0.321 e. The van der Waals surface area contributed by atoms with Gasteiger partial charge in [0.15, 0.2) is 0 Å². The topological polar surface area (TPSA) is 55.9 Å². The molecule has 0 aliphatic carbocycles. The van der Waals surface area contributed by atoms with Crippen LogP contribution in [0.3, 0.4) is 0 Å². The van der Waals surface area contributed by atoms with Crippen LogP contribution in [0.1, 0.15) is 48.9 Å². The third-order valence-corrected chi connectivity index (χ3v) is 6.09. The Morgan fingerprint density at radius 2 is 1.67 bits per heavy atom. The minimum atomic E-state index is -0.0497. The Hall–Kier alpha value is -2.08. The average Bonchev–Trinajstić information content (AvgIpc) is 3.04. The number of carbonyl (C=O) groups is 2. The molecular formula is C21H30N4O2. The number of urea groups is 1. The van der Waals surface area contributed by atoms with Gasteiger partial charge in [0, 0.05) is 50.0 Å². The molecule has 3 fully saturated rings. The van der Waals surface area contributed by atoms with Crippen LogP contribution in [0.5, 0.6) is 0 Å². The summed E-state index contributed by atoms with van der Waals surface area (Å²) in [7, 11) is 0. The summed E-state index contributed by atoms with van der Waals surface area (Å²) >= 11 is 0. The number of piperidine rings is 1. The number of carbonyl (C=O) groups excluding carboxylic acids is 2. The Labute approximate surface area is 161 Å². The summed E-state index contributed by atoms with van der Waals surface area (Å²) in [5.41, 5.74) is 1.36. The number of anilines is 1. The predicted molar refractivity (Wildman–Crippen MR) is 106 cm³/mol. The fraction of sp³-hybridized carbons (Fsp3) is 0.619. The number of benzene rings is 1. The molecule has 0 spiro atoms. The lowest BCUT2D eigenvalue weighted by molar-refractivity contribution is 0.0724. The standard InChI is InChI=1S/C21H30N4O2/c26-20(24-10-2-1-3-11-24)17-7-4-8-18(15-17)22-21(27)25-14-6-13-23-12-5-9-19(23)16-25/h4,7-8,15,19H,1-3,5-6,9-14,16H2,(H,22,27)/t19-/m0/s1. The zero-order chi connectivity index (χ0) is 18.6. The van der Waals surface area contributed by atoms with Crippen LogP contribution in [0.2, 0.25) is 0 Å². The van der Waals surface area contributed by atoms with Crippen LogP contribution in [0.15, 0.2) is 24.3 Å². The number of nitrogens with zero attached hydrogens (tertiary/aromatic N) is 3. The smallest absolute Gasteiger partial charge is 0.321 e. The van der Waals surface area contributed by atoms with Crippen LogP contribution in [-0.2, 0) is 0 Å². The van der Waals surface area contributed by atoms with Crippen LogP contribution < -0.4 is 5.32 Å². The lowest BCUT2D eigenvalue weighted by Gasteiger charge is -2.27. The van der Waals surface area contributed by atoms with E-state index < -0.39 is 0 Å². The molecule has 0 aromatic heterocycles. The van der Waals surface area contributed by atoms with Crippen molar-refractivity contribution in [3.8, 4) is 0 Å². The van der Waals surface area contributed by atoms with Crippen molar-refractivity contribution in [2.75, 3.05) is 44.6 Å². The molecule has 3 aliphatic heterocycles. The van der Waals surface area contributed by atoms with Gasteiger partial charge in [-0.1, -0.05) is 6.07 Å². The number of amides is 3. The van der Waals surface area contributed by atoms with E-state index in [2.05, 4.69) is 10.2 Å². The Morgan fingerprint density at radius 3 is 2.52 bits per heavy atom. The van der Waals surface area contributed by atoms with E-state index in [1.165, 1.54) is 25.8 Å². The minimum absolute atomic E-state index is 0.0497. The molecular weight excluding hydrogens is 340 g/mol. The first-order chi connectivity index (χ1) is 13.2. The van der Waals surface area contributed by atoms with Crippen molar-refractivity contribution in [3.63, 3.8) is 0 Å². The summed E-state index contributed by atoms with van der Waals surface area (Å²) in [4.78, 5) is 31.9. The molecule has 6 heteroatoms. The molecule has 27 heavy (non-hydrogen) atoms. The van der Waals surface area contributed by atoms with Crippen molar-refractivity contribution in [1.82, 2.24) is 14.7 Å². The summed E-state index contributed by atoms with van der Waals surface area (Å²) in [6.07, 6.45) is 6.81. The molecule has 0 unspecified atom stereocenters. The van der Waals surface area contributed by atoms with Crippen molar-refractivity contribution in [3.05, 3.63) is 29.8 Å². The zero-order valence-corrected chi connectivity index (χ0v) is 16.0. The first-order valence-corrected chi connectivity index (χ1v) is 10.4. The van der Waals surface area contributed by atoms with Crippen molar-refractivity contribution >= 4 is 17.6 Å². The van der Waals surface area contributed by atoms with Gasteiger partial charge in [0.1, 0.15) is 0 Å². The molecule has 3 amide bonds. The second-order valence-electron chi connectivity index (χ2n) is 8.00. The van der Waals surface area contributed by atoms with E-state index in [0.29, 0.717) is 17.3 Å². The number of rotatable bonds is 2. The molecule has 0 bridgehead atoms. The van der Waals surface area contributed by atoms with E-state index in [4.69, 9.17) is 0 Å². The highest BCUT2D eigenvalue weighted by atomic mass is 16.2. The van der Waals surface area contributed by atoms with Gasteiger partial charge in [-0.3, -0.25) is 9.69 Å². The Balaban J connectivity index is 1.40. The molecule has 1 aromatic carbocycles. The first-order valence-electron chi connectivity index (χ1n) is 10.4. The number of nitrogens with one attached hydrogen (secondary N) is 1. The van der Waals surface area contributed by atoms with E-state index in [0.717, 1.165) is 52.0 Å². The van der Waals surface area contributed by atoms with E-state index in [1.807, 2.05) is 34.1 Å². The highest BCUT2D eigenvalue weighted by Gasteiger charge is 2.30. The molecule has 6 nitrogen and oxygen atoms in total. The minimum Gasteiger partial charge on any atom is -0.339 e. The van der Waals surface area contributed by atoms with Crippen molar-refractivity contribution in [2.45, 2.75) is 44.6 Å². The quantitative estimate of drug-likeness (QED) is 0.871. The second kappa shape index (κ2) is 8.30. The number of likely N-dealkylation sites (tertiary alicyclic amines) is 1. The number of fused-ring (bicyclic) bond motifs is 1. The molecule has 1 N–H and O–H groups in total. The molecule has 4 rings (SSSR count). The van der Waals surface area contributed by atoms with Crippen molar-refractivity contribution < 1.29 is 9.59 Å². The van der Waals surface area contributed by atoms with Gasteiger partial charge in [-0.05, 0) is 63.3 Å². The van der Waals surface area contributed by atoms with E-state index in [1.54, 1.807) is 0 Å². The third-order valence-electron chi connectivity index (χ3n) is 6.09. The lowest BCUT2D eigenvalue weighted by atomic mass is 10.1. The second-order valence-corrected chi connectivity index (χ2v) is 8.00. The van der Waals surface area contributed by atoms with Gasteiger partial charge in [0.25, 0.3) is 5.91 Å². The predicted octanol–water partition coefficient (Wildman–Crippen LogP) is 3.01. The van der Waals surface area contributed by atoms with Gasteiger partial charge < -0.3 is 15.1 Å². The van der Waals surface area contributed by atoms with Crippen LogP contribution in [0.25, 0.3) is 0 Å². The van der Waals surface area contributed by atoms with Crippen molar-refractivity contribution in [2.24, 2.45) is 0 Å². The summed E-state index contributed by atoms with van der Waals surface area (Å²) in [6.45, 7) is 5.53. The van der Waals surface area contributed by atoms with E-state index in [-0.39, 0.29) is 11.9 Å². The highest BCUT2D eigenvalue weighted by molar-refractivity contribution is 5.97. The SMILES string of the molecule is O=C(Nc1cccc(C(=O)N2CCCCC2)c1)N1CCCN2CCC[C@H]2C1. The van der Waals surface area contributed by atoms with Gasteiger partial charge in [0.2, 0.25) is 0 Å². The summed E-state index contributed by atoms with van der Waals surface area (Å²) in [6, 6.07) is 7.83. The van der Waals surface area contributed by atoms with Gasteiger partial charge in [-0.15, -0.1) is 0 Å². The van der Waals surface area contributed by atoms with Gasteiger partial charge >= 0.3 is 6.03 Å². The maximum atomic E-state index is 12.8. The molecule has 0 radical (unpaired) electrons. The van der Waals surface area contributed by atoms with Gasteiger partial charge in [0.05, 0.1) is 0 Å². The first kappa shape index (κ1) is 18.3. The normalized spacial score (nSPS) is 23.6. The average molecular weight is 370 g/mol. The molecule has 3 aliphatic rings. The molecule has 1 atom stereocenters. The molecule has 0 saturated carbocycles. The molecule has 1 aromatic rings. The summed E-state index contributed by atoms with van der Waals surface area (Å²) in [5, 5.41) is 3.02. The summed E-state index contributed by atoms with van der Waals surface area (Å²) < 4.78 is 0. The van der Waals surface area contributed by atoms with Gasteiger partial charge in [-0.2, -0.15) is 0 Å². The zero-order valence-electron chi connectivity index (χ0n) is 16.0. The Kier molecular flexibility index (Phi) is 5.62. The maximum absolute atomic E-state index is 12.8. The fourth-order valence-corrected chi connectivity index (χ4v) is 4.60. The van der Waals surface area contributed by atoms with Crippen LogP contribution in [-0.4, -0.2) is 71.9 Å². The van der Waals surface area contributed by atoms with E-state index >= 15 is 0 Å². The Bertz CT molecular complexity index is 687. The molecule has 146 valence electrons. The molecule has 3 heterocycles. The highest BCUT2D eigenvalue weighted by Crippen LogP contribution is 2.22. The van der Waals surface area contributed by atoms with Crippen LogP contribution in [0, 0.1) is 0 Å². The molecule has 3 saturated heterocycles. The number of hydrogen-bond donors (Lipinski definition) is 1. The van der Waals surface area contributed by atoms with Crippen molar-refractivity contribution in [1.29, 1.82) is 0 Å². The lowest BCUT2D eigenvalue weighted by Crippen LogP contribution is -2.41. The number of hydrogen-bond acceptors (Lipinski definition) is 3. The van der Waals surface area contributed by atoms with Crippen LogP contribution in [0.4, 0.5) is 10.5 Å². The van der Waals surface area contributed by atoms with Crippen LogP contribution >= 0.6 is 0 Å². The fourth-order valence-electron chi connectivity index (χ4n) is 4.60. The van der Waals surface area contributed by atoms with Gasteiger partial charge in [-0.25, -0.2) is 4.79 Å². The Morgan fingerprint density at radius 1 is 0.889 bits per heavy atom. The largest absolute Gasteiger partial charge is 0.339 e. The van der Waals surface area contributed by atoms with E-state index in [9.17, 15) is 9.59 Å². The monoisotopic (exact) mass is 370 g/mol.